The highest BCUT2D eigenvalue weighted by molar-refractivity contribution is 5.97. The van der Waals surface area contributed by atoms with Crippen LogP contribution in [0.4, 0.5) is 17.1 Å². The fourth-order valence-electron chi connectivity index (χ4n) is 2.33. The third-order valence-corrected chi connectivity index (χ3v) is 3.64. The molecule has 0 radical (unpaired) electrons. The van der Waals surface area contributed by atoms with Crippen LogP contribution in [-0.4, -0.2) is 20.1 Å². The van der Waals surface area contributed by atoms with E-state index in [1.165, 1.54) is 7.11 Å². The van der Waals surface area contributed by atoms with E-state index >= 15 is 0 Å². The van der Waals surface area contributed by atoms with Crippen LogP contribution in [0.3, 0.4) is 0 Å². The number of aryl methyl sites for hydroxylation is 2. The first-order valence-corrected chi connectivity index (χ1v) is 6.73. The van der Waals surface area contributed by atoms with Crippen LogP contribution in [-0.2, 0) is 4.74 Å². The number of rotatable bonds is 3. The number of nitrogens with two attached hydrogens (primary N) is 1. The highest BCUT2D eigenvalue weighted by Gasteiger charge is 2.16. The van der Waals surface area contributed by atoms with Gasteiger partial charge < -0.3 is 15.4 Å². The molecule has 0 aliphatic carbocycles. The SMILES string of the molecule is COC(=O)c1cc(N(C)c2ccccc2C)cc(C)c1N. The number of carbonyl (C=O) groups excluding carboxylic acids is 1. The lowest BCUT2D eigenvalue weighted by atomic mass is 10.1. The Labute approximate surface area is 125 Å². The Bertz CT molecular complexity index is 680. The minimum atomic E-state index is -0.421. The van der Waals surface area contributed by atoms with Gasteiger partial charge in [-0.2, -0.15) is 0 Å². The quantitative estimate of drug-likeness (QED) is 0.693. The molecule has 2 aromatic carbocycles. The number of anilines is 3. The van der Waals surface area contributed by atoms with Crippen LogP contribution in [0, 0.1) is 13.8 Å². The van der Waals surface area contributed by atoms with Crippen LogP contribution < -0.4 is 10.6 Å². The van der Waals surface area contributed by atoms with Crippen LogP contribution in [0.5, 0.6) is 0 Å². The third kappa shape index (κ3) is 2.84. The lowest BCUT2D eigenvalue weighted by molar-refractivity contribution is 0.0602. The maximum atomic E-state index is 11.8. The van der Waals surface area contributed by atoms with Crippen LogP contribution in [0.1, 0.15) is 21.5 Å². The number of hydrogen-bond donors (Lipinski definition) is 1. The summed E-state index contributed by atoms with van der Waals surface area (Å²) >= 11 is 0. The van der Waals surface area contributed by atoms with Gasteiger partial charge in [-0.3, -0.25) is 0 Å². The molecule has 0 saturated heterocycles. The molecule has 0 aliphatic rings. The Morgan fingerprint density at radius 2 is 1.81 bits per heavy atom. The number of ether oxygens (including phenoxy) is 1. The Balaban J connectivity index is 2.52. The summed E-state index contributed by atoms with van der Waals surface area (Å²) in [7, 11) is 3.32. The first-order valence-electron chi connectivity index (χ1n) is 6.73. The maximum Gasteiger partial charge on any atom is 0.340 e. The number of hydrogen-bond acceptors (Lipinski definition) is 4. The fraction of sp³-hybridized carbons (Fsp3) is 0.235. The molecule has 2 N–H and O–H groups in total. The topological polar surface area (TPSA) is 55.6 Å². The molecule has 0 atom stereocenters. The Hall–Kier alpha value is -2.49. The van der Waals surface area contributed by atoms with E-state index < -0.39 is 5.97 Å². The number of nitrogen functional groups attached to an aromatic ring is 1. The molecule has 2 aromatic rings. The molecular weight excluding hydrogens is 264 g/mol. The van der Waals surface area contributed by atoms with Crippen molar-refractivity contribution in [3.8, 4) is 0 Å². The number of benzene rings is 2. The van der Waals surface area contributed by atoms with Crippen molar-refractivity contribution in [3.05, 3.63) is 53.1 Å². The van der Waals surface area contributed by atoms with Gasteiger partial charge in [-0.05, 0) is 43.2 Å². The molecule has 0 aliphatic heterocycles. The van der Waals surface area contributed by atoms with Crippen molar-refractivity contribution >= 4 is 23.0 Å². The van der Waals surface area contributed by atoms with Gasteiger partial charge in [-0.25, -0.2) is 4.79 Å². The molecule has 0 saturated carbocycles. The highest BCUT2D eigenvalue weighted by Crippen LogP contribution is 2.31. The van der Waals surface area contributed by atoms with Gasteiger partial charge in [0.1, 0.15) is 0 Å². The molecule has 0 bridgehead atoms. The summed E-state index contributed by atoms with van der Waals surface area (Å²) in [5.41, 5.74) is 10.8. The number of para-hydroxylation sites is 1. The first-order chi connectivity index (χ1) is 9.95. The standard InChI is InChI=1S/C17H20N2O2/c1-11-7-5-6-8-15(11)19(3)13-9-12(2)16(18)14(10-13)17(20)21-4/h5-10H,18H2,1-4H3. The van der Waals surface area contributed by atoms with E-state index in [1.807, 2.05) is 43.1 Å². The van der Waals surface area contributed by atoms with Crippen molar-refractivity contribution in [2.24, 2.45) is 0 Å². The van der Waals surface area contributed by atoms with Crippen molar-refractivity contribution in [2.75, 3.05) is 24.8 Å². The van der Waals surface area contributed by atoms with Gasteiger partial charge in [-0.1, -0.05) is 18.2 Å². The molecule has 0 spiro atoms. The van der Waals surface area contributed by atoms with Crippen LogP contribution in [0.25, 0.3) is 0 Å². The third-order valence-electron chi connectivity index (χ3n) is 3.64. The highest BCUT2D eigenvalue weighted by atomic mass is 16.5. The first kappa shape index (κ1) is 14.9. The van der Waals surface area contributed by atoms with Crippen molar-refractivity contribution in [2.45, 2.75) is 13.8 Å². The van der Waals surface area contributed by atoms with E-state index in [1.54, 1.807) is 6.07 Å². The Morgan fingerprint density at radius 3 is 2.43 bits per heavy atom. The van der Waals surface area contributed by atoms with Crippen molar-refractivity contribution in [1.29, 1.82) is 0 Å². The zero-order chi connectivity index (χ0) is 15.6. The van der Waals surface area contributed by atoms with Crippen molar-refractivity contribution in [3.63, 3.8) is 0 Å². The molecular formula is C17H20N2O2. The van der Waals surface area contributed by atoms with Gasteiger partial charge in [0.25, 0.3) is 0 Å². The molecule has 2 rings (SSSR count). The molecule has 0 unspecified atom stereocenters. The summed E-state index contributed by atoms with van der Waals surface area (Å²) < 4.78 is 4.80. The molecule has 4 heteroatoms. The Kier molecular flexibility index (Phi) is 4.17. The predicted octanol–water partition coefficient (Wildman–Crippen LogP) is 3.44. The lowest BCUT2D eigenvalue weighted by Crippen LogP contribution is -2.14. The lowest BCUT2D eigenvalue weighted by Gasteiger charge is -2.23. The van der Waals surface area contributed by atoms with Gasteiger partial charge in [0.15, 0.2) is 0 Å². The summed E-state index contributed by atoms with van der Waals surface area (Å²) in [6.45, 7) is 3.94. The summed E-state index contributed by atoms with van der Waals surface area (Å²) in [6.07, 6.45) is 0. The molecule has 110 valence electrons. The summed E-state index contributed by atoms with van der Waals surface area (Å²) in [5, 5.41) is 0. The van der Waals surface area contributed by atoms with E-state index in [2.05, 4.69) is 13.0 Å². The number of carbonyl (C=O) groups is 1. The molecule has 4 nitrogen and oxygen atoms in total. The maximum absolute atomic E-state index is 11.8. The minimum Gasteiger partial charge on any atom is -0.465 e. The average molecular weight is 284 g/mol. The normalized spacial score (nSPS) is 10.3. The Morgan fingerprint density at radius 1 is 1.14 bits per heavy atom. The van der Waals surface area contributed by atoms with E-state index in [0.717, 1.165) is 22.5 Å². The molecule has 21 heavy (non-hydrogen) atoms. The zero-order valence-electron chi connectivity index (χ0n) is 12.8. The van der Waals surface area contributed by atoms with Crippen LogP contribution >= 0.6 is 0 Å². The van der Waals surface area contributed by atoms with Gasteiger partial charge in [-0.15, -0.1) is 0 Å². The van der Waals surface area contributed by atoms with E-state index in [9.17, 15) is 4.79 Å². The largest absolute Gasteiger partial charge is 0.465 e. The van der Waals surface area contributed by atoms with E-state index in [0.29, 0.717) is 11.3 Å². The van der Waals surface area contributed by atoms with E-state index in [-0.39, 0.29) is 0 Å². The average Bonchev–Trinajstić information content (AvgIpc) is 2.49. The molecule has 0 amide bonds. The summed E-state index contributed by atoms with van der Waals surface area (Å²) in [4.78, 5) is 13.9. The van der Waals surface area contributed by atoms with Gasteiger partial charge >= 0.3 is 5.97 Å². The summed E-state index contributed by atoms with van der Waals surface area (Å²) in [5.74, 6) is -0.421. The van der Waals surface area contributed by atoms with Gasteiger partial charge in [0, 0.05) is 24.1 Å². The monoisotopic (exact) mass is 284 g/mol. The van der Waals surface area contributed by atoms with E-state index in [4.69, 9.17) is 10.5 Å². The molecule has 0 heterocycles. The molecule has 0 aromatic heterocycles. The molecule has 0 fully saturated rings. The minimum absolute atomic E-state index is 0.396. The van der Waals surface area contributed by atoms with Gasteiger partial charge in [0.05, 0.1) is 12.7 Å². The zero-order valence-corrected chi connectivity index (χ0v) is 12.8. The van der Waals surface area contributed by atoms with Crippen LogP contribution in [0.15, 0.2) is 36.4 Å². The predicted molar refractivity (Wildman–Crippen MR) is 86.2 cm³/mol. The summed E-state index contributed by atoms with van der Waals surface area (Å²) in [6, 6.07) is 11.8. The van der Waals surface area contributed by atoms with Gasteiger partial charge in [0.2, 0.25) is 0 Å². The second-order valence-corrected chi connectivity index (χ2v) is 5.06. The fourth-order valence-corrected chi connectivity index (χ4v) is 2.33. The van der Waals surface area contributed by atoms with Crippen molar-refractivity contribution in [1.82, 2.24) is 0 Å². The number of esters is 1. The second-order valence-electron chi connectivity index (χ2n) is 5.06. The number of methoxy groups -OCH3 is 1. The smallest absolute Gasteiger partial charge is 0.340 e. The van der Waals surface area contributed by atoms with Crippen LogP contribution in [0.2, 0.25) is 0 Å². The van der Waals surface area contributed by atoms with Crippen molar-refractivity contribution < 1.29 is 9.53 Å². The second kappa shape index (κ2) is 5.87. The number of nitrogens with zero attached hydrogens (tertiary/aromatic N) is 1.